The maximum Gasteiger partial charge on any atom is 0.0445 e. The Labute approximate surface area is 323 Å². The van der Waals surface area contributed by atoms with Crippen LogP contribution in [-0.2, 0) is 18.3 Å². The molecule has 3 aliphatic rings. The zero-order valence-corrected chi connectivity index (χ0v) is 33.6. The van der Waals surface area contributed by atoms with Crippen molar-refractivity contribution in [1.29, 1.82) is 0 Å². The van der Waals surface area contributed by atoms with Gasteiger partial charge in [-0.2, -0.15) is 0 Å². The summed E-state index contributed by atoms with van der Waals surface area (Å²) in [7, 11) is 0.702. The first-order chi connectivity index (χ1) is 26.2. The second kappa shape index (κ2) is 13.7. The Morgan fingerprint density at radius 3 is 2.09 bits per heavy atom. The minimum Gasteiger partial charge on any atom is -0.339 e. The average molecular weight is 723 g/mol. The lowest BCUT2D eigenvalue weighted by Crippen LogP contribution is -2.36. The van der Waals surface area contributed by atoms with Gasteiger partial charge >= 0.3 is 0 Å². The summed E-state index contributed by atoms with van der Waals surface area (Å²) in [5.74, 6) is 0. The van der Waals surface area contributed by atoms with E-state index in [-0.39, 0.29) is 5.41 Å². The van der Waals surface area contributed by atoms with Gasteiger partial charge in [0.2, 0.25) is 0 Å². The first kappa shape index (κ1) is 34.7. The molecular formula is C51H51N2P. The highest BCUT2D eigenvalue weighted by Crippen LogP contribution is 2.51. The molecule has 9 rings (SSSR count). The van der Waals surface area contributed by atoms with Crippen LogP contribution >= 0.6 is 8.19 Å². The predicted molar refractivity (Wildman–Crippen MR) is 237 cm³/mol. The second-order valence-electron chi connectivity index (χ2n) is 16.3. The number of hydrogen-bond acceptors (Lipinski definition) is 2. The van der Waals surface area contributed by atoms with Gasteiger partial charge in [0.05, 0.1) is 0 Å². The van der Waals surface area contributed by atoms with E-state index in [0.29, 0.717) is 20.3 Å². The van der Waals surface area contributed by atoms with Gasteiger partial charge < -0.3 is 9.80 Å². The molecule has 0 bridgehead atoms. The molecule has 1 aromatic heterocycles. The fourth-order valence-electron chi connectivity index (χ4n) is 9.53. The third-order valence-electron chi connectivity index (χ3n) is 12.5. The van der Waals surface area contributed by atoms with Gasteiger partial charge in [0, 0.05) is 40.3 Å². The molecule has 0 N–H and O–H groups in total. The van der Waals surface area contributed by atoms with Crippen LogP contribution in [0.5, 0.6) is 0 Å². The second-order valence-corrected chi connectivity index (χ2v) is 17.8. The summed E-state index contributed by atoms with van der Waals surface area (Å²) in [6.45, 7) is 14.0. The fraction of sp³-hybridized carbons (Fsp3) is 0.255. The summed E-state index contributed by atoms with van der Waals surface area (Å²) >= 11 is 0. The van der Waals surface area contributed by atoms with E-state index in [0.717, 1.165) is 12.8 Å². The number of anilines is 3. The quantitative estimate of drug-likeness (QED) is 0.125. The third kappa shape index (κ3) is 5.87. The largest absolute Gasteiger partial charge is 0.339 e. The summed E-state index contributed by atoms with van der Waals surface area (Å²) in [5.41, 5.74) is 17.6. The van der Waals surface area contributed by atoms with Gasteiger partial charge in [0.25, 0.3) is 0 Å². The van der Waals surface area contributed by atoms with Gasteiger partial charge in [-0.05, 0) is 156 Å². The summed E-state index contributed by atoms with van der Waals surface area (Å²) in [6, 6.07) is 40.1. The van der Waals surface area contributed by atoms with Crippen molar-refractivity contribution in [2.24, 2.45) is 0 Å². The zero-order valence-electron chi connectivity index (χ0n) is 32.6. The maximum absolute atomic E-state index is 2.56. The lowest BCUT2D eigenvalue weighted by molar-refractivity contribution is 0.605. The fourth-order valence-corrected chi connectivity index (χ4v) is 10.9. The molecule has 3 atom stereocenters. The molecule has 54 heavy (non-hydrogen) atoms. The lowest BCUT2D eigenvalue weighted by Gasteiger charge is -2.37. The van der Waals surface area contributed by atoms with Crippen LogP contribution in [0.1, 0.15) is 91.7 Å². The number of fused-ring (bicyclic) bond motifs is 6. The molecule has 6 aromatic rings. The molecule has 3 heteroatoms. The topological polar surface area (TPSA) is 6.48 Å². The van der Waals surface area contributed by atoms with E-state index in [2.05, 4.69) is 185 Å². The minimum atomic E-state index is -0.0763. The van der Waals surface area contributed by atoms with Crippen LogP contribution in [0, 0.1) is 6.92 Å². The zero-order chi connectivity index (χ0) is 37.1. The van der Waals surface area contributed by atoms with E-state index in [4.69, 9.17) is 0 Å². The number of allylic oxidation sites excluding steroid dienone is 2. The highest BCUT2D eigenvalue weighted by atomic mass is 31.0. The number of benzene rings is 5. The number of rotatable bonds is 6. The minimum absolute atomic E-state index is 0.0763. The van der Waals surface area contributed by atoms with Crippen LogP contribution in [0.4, 0.5) is 17.1 Å². The van der Waals surface area contributed by atoms with Gasteiger partial charge in [0.15, 0.2) is 0 Å². The van der Waals surface area contributed by atoms with Crippen LogP contribution in [0.15, 0.2) is 121 Å². The summed E-state index contributed by atoms with van der Waals surface area (Å²) in [6.07, 6.45) is 16.2. The Balaban J connectivity index is 0.961. The highest BCUT2D eigenvalue weighted by Gasteiger charge is 2.36. The van der Waals surface area contributed by atoms with Gasteiger partial charge in [-0.3, -0.25) is 0 Å². The lowest BCUT2D eigenvalue weighted by atomic mass is 9.81. The number of aryl methyl sites for hydroxylation is 3. The molecule has 0 radical (unpaired) electrons. The van der Waals surface area contributed by atoms with Crippen molar-refractivity contribution in [2.75, 3.05) is 9.80 Å². The van der Waals surface area contributed by atoms with Crippen molar-refractivity contribution < 1.29 is 0 Å². The van der Waals surface area contributed by atoms with Gasteiger partial charge in [-0.1, -0.05) is 111 Å². The highest BCUT2D eigenvalue weighted by molar-refractivity contribution is 7.38. The Hall–Kier alpha value is -5.04. The molecule has 5 aromatic carbocycles. The van der Waals surface area contributed by atoms with Crippen molar-refractivity contribution in [3.8, 4) is 11.1 Å². The average Bonchev–Trinajstić information content (AvgIpc) is 3.62. The van der Waals surface area contributed by atoms with Crippen LogP contribution in [-0.4, -0.2) is 12.1 Å². The van der Waals surface area contributed by atoms with Crippen molar-refractivity contribution >= 4 is 54.0 Å². The van der Waals surface area contributed by atoms with Gasteiger partial charge in [-0.15, -0.1) is 8.19 Å². The standard InChI is InChI=1S/C51H51N2P/c1-7-40(52-33(2)16-22-38-12-8-10-14-48(38)52)24-28-42-35(4)54-50-31-37(21-27-45(42)50)19-18-36-20-26-43-44-29-25-41(32-47(44)51(5,6)46(43)30-36)53-34(3)17-23-39-13-9-11-15-49(39)53/h7-15,18-21,24-34,54H,16-17,22-23H2,1-6H3/b19-18+,28-24-,40-7+. The molecule has 3 heterocycles. The number of hydrogen-bond donors (Lipinski definition) is 0. The van der Waals surface area contributed by atoms with Crippen molar-refractivity contribution in [2.45, 2.75) is 84.7 Å². The molecule has 3 unspecified atom stereocenters. The van der Waals surface area contributed by atoms with Crippen molar-refractivity contribution in [3.05, 3.63) is 165 Å². The molecule has 0 fully saturated rings. The molecule has 0 saturated heterocycles. The summed E-state index contributed by atoms with van der Waals surface area (Å²) in [5, 5.41) is 4.29. The summed E-state index contributed by atoms with van der Waals surface area (Å²) < 4.78 is 0. The Kier molecular flexibility index (Phi) is 8.79. The molecule has 270 valence electrons. The van der Waals surface area contributed by atoms with Gasteiger partial charge in [-0.25, -0.2) is 0 Å². The van der Waals surface area contributed by atoms with E-state index < -0.39 is 0 Å². The Bertz CT molecular complexity index is 2510. The van der Waals surface area contributed by atoms with Crippen LogP contribution in [0.3, 0.4) is 0 Å². The molecule has 0 amide bonds. The number of nitrogens with zero attached hydrogens (tertiary/aromatic N) is 2. The van der Waals surface area contributed by atoms with Crippen LogP contribution in [0.25, 0.3) is 39.9 Å². The van der Waals surface area contributed by atoms with Gasteiger partial charge in [0.1, 0.15) is 0 Å². The van der Waals surface area contributed by atoms with E-state index in [1.54, 1.807) is 0 Å². The predicted octanol–water partition coefficient (Wildman–Crippen LogP) is 13.9. The molecule has 0 spiro atoms. The first-order valence-electron chi connectivity index (χ1n) is 19.9. The van der Waals surface area contributed by atoms with E-state index in [1.165, 1.54) is 101 Å². The molecule has 0 saturated carbocycles. The van der Waals surface area contributed by atoms with Crippen molar-refractivity contribution in [3.63, 3.8) is 0 Å². The monoisotopic (exact) mass is 722 g/mol. The molecule has 2 nitrogen and oxygen atoms in total. The van der Waals surface area contributed by atoms with E-state index >= 15 is 0 Å². The SMILES string of the molecule is C/C=C(\C=C/c1c(C)[pH]c2cc(/C=C/c3ccc4c(c3)C(C)(C)c3cc(N5c6ccccc6CCC5C)ccc3-4)ccc12)N1c2ccccc2CCC1C. The smallest absolute Gasteiger partial charge is 0.0445 e. The molecule has 2 aliphatic heterocycles. The molecular weight excluding hydrogens is 672 g/mol. The first-order valence-corrected chi connectivity index (χ1v) is 20.9. The van der Waals surface area contributed by atoms with E-state index in [1.807, 2.05) is 0 Å². The Morgan fingerprint density at radius 2 is 1.33 bits per heavy atom. The van der Waals surface area contributed by atoms with Crippen molar-refractivity contribution in [1.82, 2.24) is 0 Å². The van der Waals surface area contributed by atoms with E-state index in [9.17, 15) is 0 Å². The normalized spacial score (nSPS) is 19.2. The maximum atomic E-state index is 2.56. The number of para-hydroxylation sites is 2. The third-order valence-corrected chi connectivity index (χ3v) is 13.9. The Morgan fingerprint density at radius 1 is 0.704 bits per heavy atom. The molecule has 1 aliphatic carbocycles. The summed E-state index contributed by atoms with van der Waals surface area (Å²) in [4.78, 5) is 5.09. The van der Waals surface area contributed by atoms with Crippen LogP contribution in [0.2, 0.25) is 0 Å². The van der Waals surface area contributed by atoms with Crippen LogP contribution < -0.4 is 9.80 Å².